The normalized spacial score (nSPS) is 21.2. The van der Waals surface area contributed by atoms with Crippen molar-refractivity contribution < 1.29 is 9.47 Å². The van der Waals surface area contributed by atoms with Crippen LogP contribution < -0.4 is 9.47 Å². The SMILES string of the molecule is COc1cc(C)c2c(c1OC)C(Cl)CC2(C)C. The molecule has 0 saturated carbocycles. The van der Waals surface area contributed by atoms with Gasteiger partial charge < -0.3 is 9.47 Å². The van der Waals surface area contributed by atoms with E-state index < -0.39 is 0 Å². The van der Waals surface area contributed by atoms with Crippen LogP contribution in [0.15, 0.2) is 6.07 Å². The predicted molar refractivity (Wildman–Crippen MR) is 70.5 cm³/mol. The van der Waals surface area contributed by atoms with Crippen LogP contribution in [0.4, 0.5) is 0 Å². The maximum Gasteiger partial charge on any atom is 0.165 e. The number of alkyl halides is 1. The highest BCUT2D eigenvalue weighted by Gasteiger charge is 2.40. The van der Waals surface area contributed by atoms with Crippen LogP contribution in [0.3, 0.4) is 0 Å². The summed E-state index contributed by atoms with van der Waals surface area (Å²) in [7, 11) is 3.33. The molecule has 1 atom stereocenters. The molecule has 3 heteroatoms. The molecule has 0 saturated heterocycles. The molecule has 0 radical (unpaired) electrons. The lowest BCUT2D eigenvalue weighted by atomic mass is 9.84. The van der Waals surface area contributed by atoms with Gasteiger partial charge in [0, 0.05) is 5.56 Å². The van der Waals surface area contributed by atoms with E-state index in [1.165, 1.54) is 11.1 Å². The highest BCUT2D eigenvalue weighted by Crippen LogP contribution is 2.54. The lowest BCUT2D eigenvalue weighted by Gasteiger charge is -2.22. The largest absolute Gasteiger partial charge is 0.493 e. The molecule has 2 rings (SSSR count). The first-order valence-electron chi connectivity index (χ1n) is 5.82. The van der Waals surface area contributed by atoms with Crippen LogP contribution in [0.25, 0.3) is 0 Å². The highest BCUT2D eigenvalue weighted by molar-refractivity contribution is 6.21. The number of ether oxygens (including phenoxy) is 2. The Morgan fingerprint density at radius 3 is 2.47 bits per heavy atom. The fourth-order valence-corrected chi connectivity index (χ4v) is 3.60. The minimum absolute atomic E-state index is 0.00347. The van der Waals surface area contributed by atoms with Gasteiger partial charge in [-0.2, -0.15) is 0 Å². The van der Waals surface area contributed by atoms with Gasteiger partial charge in [0.05, 0.1) is 19.6 Å². The van der Waals surface area contributed by atoms with Crippen LogP contribution >= 0.6 is 11.6 Å². The zero-order valence-corrected chi connectivity index (χ0v) is 11.8. The molecule has 17 heavy (non-hydrogen) atoms. The van der Waals surface area contributed by atoms with Crippen LogP contribution in [0.2, 0.25) is 0 Å². The molecule has 0 aliphatic heterocycles. The van der Waals surface area contributed by atoms with Crippen molar-refractivity contribution in [2.45, 2.75) is 38.0 Å². The van der Waals surface area contributed by atoms with Gasteiger partial charge >= 0.3 is 0 Å². The van der Waals surface area contributed by atoms with Crippen molar-refractivity contribution in [3.8, 4) is 11.5 Å². The second-order valence-electron chi connectivity index (χ2n) is 5.27. The lowest BCUT2D eigenvalue weighted by molar-refractivity contribution is 0.351. The zero-order chi connectivity index (χ0) is 12.8. The molecule has 1 unspecified atom stereocenters. The number of aryl methyl sites for hydroxylation is 1. The second kappa shape index (κ2) is 4.09. The van der Waals surface area contributed by atoms with Gasteiger partial charge in [-0.1, -0.05) is 13.8 Å². The van der Waals surface area contributed by atoms with Crippen LogP contribution in [-0.4, -0.2) is 14.2 Å². The van der Waals surface area contributed by atoms with E-state index in [-0.39, 0.29) is 10.8 Å². The summed E-state index contributed by atoms with van der Waals surface area (Å²) in [5.74, 6) is 1.56. The molecule has 0 heterocycles. The summed E-state index contributed by atoms with van der Waals surface area (Å²) in [4.78, 5) is 0. The van der Waals surface area contributed by atoms with Crippen LogP contribution in [-0.2, 0) is 5.41 Å². The summed E-state index contributed by atoms with van der Waals surface area (Å²) in [5, 5.41) is 0.00347. The van der Waals surface area contributed by atoms with Crippen LogP contribution in [0, 0.1) is 6.92 Å². The van der Waals surface area contributed by atoms with E-state index in [1.807, 2.05) is 6.07 Å². The Balaban J connectivity index is 2.76. The van der Waals surface area contributed by atoms with Gasteiger partial charge in [-0.3, -0.25) is 0 Å². The van der Waals surface area contributed by atoms with E-state index in [9.17, 15) is 0 Å². The summed E-state index contributed by atoms with van der Waals surface area (Å²) < 4.78 is 10.9. The first-order valence-corrected chi connectivity index (χ1v) is 6.26. The van der Waals surface area contributed by atoms with Gasteiger partial charge in [-0.05, 0) is 36.0 Å². The molecule has 0 aromatic heterocycles. The van der Waals surface area contributed by atoms with Crippen molar-refractivity contribution in [2.75, 3.05) is 14.2 Å². The van der Waals surface area contributed by atoms with Gasteiger partial charge in [0.25, 0.3) is 0 Å². The topological polar surface area (TPSA) is 18.5 Å². The molecular formula is C14H19ClO2. The predicted octanol–water partition coefficient (Wildman–Crippen LogP) is 3.97. The van der Waals surface area contributed by atoms with Gasteiger partial charge in [-0.25, -0.2) is 0 Å². The van der Waals surface area contributed by atoms with Crippen molar-refractivity contribution in [2.24, 2.45) is 0 Å². The number of rotatable bonds is 2. The average Bonchev–Trinajstić information content (AvgIpc) is 2.49. The molecule has 0 N–H and O–H groups in total. The molecule has 0 spiro atoms. The van der Waals surface area contributed by atoms with E-state index in [2.05, 4.69) is 20.8 Å². The molecule has 1 aliphatic carbocycles. The number of benzene rings is 1. The van der Waals surface area contributed by atoms with Crippen molar-refractivity contribution in [1.82, 2.24) is 0 Å². The lowest BCUT2D eigenvalue weighted by Crippen LogP contribution is -2.14. The summed E-state index contributed by atoms with van der Waals surface area (Å²) in [6.45, 7) is 6.57. The quantitative estimate of drug-likeness (QED) is 0.744. The molecule has 1 aromatic rings. The number of methoxy groups -OCH3 is 2. The number of fused-ring (bicyclic) bond motifs is 1. The standard InChI is InChI=1S/C14H19ClO2/c1-8-6-10(16-4)13(17-5)11-9(15)7-14(2,3)12(8)11/h6,9H,7H2,1-5H3. The third-order valence-electron chi connectivity index (χ3n) is 3.58. The molecule has 0 fully saturated rings. The zero-order valence-electron chi connectivity index (χ0n) is 11.1. The average molecular weight is 255 g/mol. The minimum atomic E-state index is 0.00347. The van der Waals surface area contributed by atoms with E-state index in [0.717, 1.165) is 23.5 Å². The Labute approximate surface area is 108 Å². The summed E-state index contributed by atoms with van der Waals surface area (Å²) in [5.41, 5.74) is 3.75. The van der Waals surface area contributed by atoms with E-state index in [0.29, 0.717) is 0 Å². The third kappa shape index (κ3) is 1.79. The highest BCUT2D eigenvalue weighted by atomic mass is 35.5. The Hall–Kier alpha value is -0.890. The van der Waals surface area contributed by atoms with Crippen molar-refractivity contribution in [3.63, 3.8) is 0 Å². The Morgan fingerprint density at radius 1 is 1.29 bits per heavy atom. The van der Waals surface area contributed by atoms with Gasteiger partial charge in [0.1, 0.15) is 0 Å². The van der Waals surface area contributed by atoms with Crippen molar-refractivity contribution in [1.29, 1.82) is 0 Å². The summed E-state index contributed by atoms with van der Waals surface area (Å²) in [6.07, 6.45) is 0.939. The smallest absolute Gasteiger partial charge is 0.165 e. The molecule has 2 nitrogen and oxygen atoms in total. The van der Waals surface area contributed by atoms with Gasteiger partial charge in [-0.15, -0.1) is 11.6 Å². The van der Waals surface area contributed by atoms with Gasteiger partial charge in [0.15, 0.2) is 11.5 Å². The summed E-state index contributed by atoms with van der Waals surface area (Å²) >= 11 is 6.48. The molecule has 94 valence electrons. The number of hydrogen-bond donors (Lipinski definition) is 0. The number of hydrogen-bond acceptors (Lipinski definition) is 2. The van der Waals surface area contributed by atoms with Crippen LogP contribution in [0.1, 0.15) is 42.3 Å². The molecule has 1 aliphatic rings. The molecule has 1 aromatic carbocycles. The Morgan fingerprint density at radius 2 is 1.94 bits per heavy atom. The minimum Gasteiger partial charge on any atom is -0.493 e. The van der Waals surface area contributed by atoms with Crippen molar-refractivity contribution in [3.05, 3.63) is 22.8 Å². The fraction of sp³-hybridized carbons (Fsp3) is 0.571. The first-order chi connectivity index (χ1) is 7.92. The van der Waals surface area contributed by atoms with Crippen LogP contribution in [0.5, 0.6) is 11.5 Å². The van der Waals surface area contributed by atoms with Gasteiger partial charge in [0.2, 0.25) is 0 Å². The van der Waals surface area contributed by atoms with E-state index in [1.54, 1.807) is 14.2 Å². The Kier molecular flexibility index (Phi) is 3.03. The summed E-state index contributed by atoms with van der Waals surface area (Å²) in [6, 6.07) is 2.04. The van der Waals surface area contributed by atoms with E-state index >= 15 is 0 Å². The fourth-order valence-electron chi connectivity index (χ4n) is 3.00. The maximum absolute atomic E-state index is 6.48. The van der Waals surface area contributed by atoms with Crippen molar-refractivity contribution >= 4 is 11.6 Å². The molecular weight excluding hydrogens is 236 g/mol. The first kappa shape index (κ1) is 12.6. The molecule has 0 amide bonds. The second-order valence-corrected chi connectivity index (χ2v) is 5.80. The molecule has 0 bridgehead atoms. The number of halogens is 1. The monoisotopic (exact) mass is 254 g/mol. The third-order valence-corrected chi connectivity index (χ3v) is 3.96. The Bertz CT molecular complexity index is 452. The van der Waals surface area contributed by atoms with E-state index in [4.69, 9.17) is 21.1 Å². The maximum atomic E-state index is 6.48.